The number of carbonyl (C=O) groups is 1. The molecule has 3 aromatic rings. The summed E-state index contributed by atoms with van der Waals surface area (Å²) in [5, 5.41) is 5.86. The van der Waals surface area contributed by atoms with Crippen LogP contribution in [0.3, 0.4) is 0 Å². The first-order valence-electron chi connectivity index (χ1n) is 7.33. The summed E-state index contributed by atoms with van der Waals surface area (Å²) in [5.74, 6) is -0.483. The SMILES string of the molecule is Cc1nc(-c2cccs2)sc1CNC(=O)/C=C/c1ccc(F)cc1. The van der Waals surface area contributed by atoms with Crippen LogP contribution < -0.4 is 5.32 Å². The average molecular weight is 358 g/mol. The zero-order valence-electron chi connectivity index (χ0n) is 13.0. The van der Waals surface area contributed by atoms with Crippen LogP contribution in [0.15, 0.2) is 47.9 Å². The molecule has 1 N–H and O–H groups in total. The van der Waals surface area contributed by atoms with Crippen LogP contribution in [0.2, 0.25) is 0 Å². The summed E-state index contributed by atoms with van der Waals surface area (Å²) in [5.41, 5.74) is 1.71. The molecule has 0 fully saturated rings. The molecular weight excluding hydrogens is 343 g/mol. The molecule has 3 nitrogen and oxygen atoms in total. The van der Waals surface area contributed by atoms with E-state index >= 15 is 0 Å². The van der Waals surface area contributed by atoms with Gasteiger partial charge in [-0.1, -0.05) is 18.2 Å². The van der Waals surface area contributed by atoms with Crippen molar-refractivity contribution in [1.29, 1.82) is 0 Å². The number of rotatable bonds is 5. The lowest BCUT2D eigenvalue weighted by atomic mass is 10.2. The highest BCUT2D eigenvalue weighted by Gasteiger charge is 2.10. The summed E-state index contributed by atoms with van der Waals surface area (Å²) in [4.78, 5) is 18.7. The highest BCUT2D eigenvalue weighted by molar-refractivity contribution is 7.21. The van der Waals surface area contributed by atoms with Crippen LogP contribution in [0.4, 0.5) is 4.39 Å². The molecule has 2 heterocycles. The summed E-state index contributed by atoms with van der Waals surface area (Å²) in [6, 6.07) is 10.0. The van der Waals surface area contributed by atoms with Crippen LogP contribution in [-0.4, -0.2) is 10.9 Å². The van der Waals surface area contributed by atoms with Crippen LogP contribution in [0, 0.1) is 12.7 Å². The van der Waals surface area contributed by atoms with Crippen molar-refractivity contribution in [2.45, 2.75) is 13.5 Å². The van der Waals surface area contributed by atoms with Crippen molar-refractivity contribution < 1.29 is 9.18 Å². The van der Waals surface area contributed by atoms with Crippen LogP contribution in [0.5, 0.6) is 0 Å². The van der Waals surface area contributed by atoms with Gasteiger partial charge in [-0.2, -0.15) is 0 Å². The third kappa shape index (κ3) is 4.15. The minimum absolute atomic E-state index is 0.190. The molecule has 6 heteroatoms. The number of thiazole rings is 1. The Balaban J connectivity index is 1.59. The maximum Gasteiger partial charge on any atom is 0.244 e. The van der Waals surface area contributed by atoms with Crippen LogP contribution in [0.1, 0.15) is 16.1 Å². The molecule has 122 valence electrons. The molecule has 0 aliphatic heterocycles. The maximum atomic E-state index is 12.8. The van der Waals surface area contributed by atoms with Gasteiger partial charge in [0.2, 0.25) is 5.91 Å². The number of nitrogens with zero attached hydrogens (tertiary/aromatic N) is 1. The average Bonchev–Trinajstić information content (AvgIpc) is 3.22. The molecule has 0 radical (unpaired) electrons. The number of hydrogen-bond donors (Lipinski definition) is 1. The van der Waals surface area contributed by atoms with Gasteiger partial charge >= 0.3 is 0 Å². The molecule has 0 aliphatic rings. The van der Waals surface area contributed by atoms with E-state index < -0.39 is 0 Å². The van der Waals surface area contributed by atoms with E-state index in [1.165, 1.54) is 18.2 Å². The lowest BCUT2D eigenvalue weighted by molar-refractivity contribution is -0.116. The van der Waals surface area contributed by atoms with Crippen LogP contribution >= 0.6 is 22.7 Å². The van der Waals surface area contributed by atoms with Crippen molar-refractivity contribution in [2.24, 2.45) is 0 Å². The number of aromatic nitrogens is 1. The Morgan fingerprint density at radius 1 is 1.29 bits per heavy atom. The molecule has 2 aromatic heterocycles. The number of aryl methyl sites for hydroxylation is 1. The van der Waals surface area contributed by atoms with E-state index in [9.17, 15) is 9.18 Å². The zero-order chi connectivity index (χ0) is 16.9. The predicted octanol–water partition coefficient (Wildman–Crippen LogP) is 4.65. The number of hydrogen-bond acceptors (Lipinski definition) is 4. The summed E-state index contributed by atoms with van der Waals surface area (Å²) in [7, 11) is 0. The Morgan fingerprint density at radius 2 is 2.08 bits per heavy atom. The van der Waals surface area contributed by atoms with Gasteiger partial charge in [0.1, 0.15) is 10.8 Å². The zero-order valence-corrected chi connectivity index (χ0v) is 14.6. The largest absolute Gasteiger partial charge is 0.348 e. The summed E-state index contributed by atoms with van der Waals surface area (Å²) < 4.78 is 12.8. The molecule has 3 rings (SSSR count). The Morgan fingerprint density at radius 3 is 2.79 bits per heavy atom. The number of halogens is 1. The van der Waals surface area contributed by atoms with Crippen molar-refractivity contribution in [1.82, 2.24) is 10.3 Å². The van der Waals surface area contributed by atoms with E-state index in [0.717, 1.165) is 26.0 Å². The van der Waals surface area contributed by atoms with E-state index in [2.05, 4.69) is 10.3 Å². The minimum Gasteiger partial charge on any atom is -0.348 e. The van der Waals surface area contributed by atoms with Crippen molar-refractivity contribution in [3.05, 3.63) is 69.8 Å². The molecule has 0 saturated heterocycles. The topological polar surface area (TPSA) is 42.0 Å². The fourth-order valence-electron chi connectivity index (χ4n) is 2.07. The van der Waals surface area contributed by atoms with Gasteiger partial charge in [-0.25, -0.2) is 9.37 Å². The van der Waals surface area contributed by atoms with Gasteiger partial charge in [0.25, 0.3) is 0 Å². The number of carbonyl (C=O) groups excluding carboxylic acids is 1. The van der Waals surface area contributed by atoms with E-state index in [1.807, 2.05) is 24.4 Å². The van der Waals surface area contributed by atoms with Gasteiger partial charge in [0.15, 0.2) is 0 Å². The van der Waals surface area contributed by atoms with E-state index in [-0.39, 0.29) is 11.7 Å². The first-order valence-corrected chi connectivity index (χ1v) is 9.03. The molecule has 0 atom stereocenters. The molecule has 0 spiro atoms. The second-order valence-corrected chi connectivity index (χ2v) is 7.14. The number of benzene rings is 1. The van der Waals surface area contributed by atoms with Crippen molar-refractivity contribution in [3.8, 4) is 9.88 Å². The molecule has 1 amide bonds. The van der Waals surface area contributed by atoms with E-state index in [0.29, 0.717) is 6.54 Å². The summed E-state index contributed by atoms with van der Waals surface area (Å²) in [6.45, 7) is 2.39. The number of nitrogens with one attached hydrogen (secondary N) is 1. The van der Waals surface area contributed by atoms with Gasteiger partial charge in [-0.15, -0.1) is 22.7 Å². The summed E-state index contributed by atoms with van der Waals surface area (Å²) >= 11 is 3.25. The maximum absolute atomic E-state index is 12.8. The standard InChI is InChI=1S/C18H15FN2OS2/c1-12-16(24-18(21-12)15-3-2-10-23-15)11-20-17(22)9-6-13-4-7-14(19)8-5-13/h2-10H,11H2,1H3,(H,20,22)/b9-6+. The quantitative estimate of drug-likeness (QED) is 0.675. The number of amides is 1. The highest BCUT2D eigenvalue weighted by atomic mass is 32.1. The van der Waals surface area contributed by atoms with Gasteiger partial charge in [-0.3, -0.25) is 4.79 Å². The molecular formula is C18H15FN2OS2. The fourth-order valence-corrected chi connectivity index (χ4v) is 3.87. The second-order valence-electron chi connectivity index (χ2n) is 5.11. The van der Waals surface area contributed by atoms with Crippen LogP contribution in [0.25, 0.3) is 16.0 Å². The van der Waals surface area contributed by atoms with E-state index in [4.69, 9.17) is 0 Å². The lowest BCUT2D eigenvalue weighted by Gasteiger charge is -2.00. The molecule has 1 aromatic carbocycles. The van der Waals surface area contributed by atoms with Gasteiger partial charge in [0.05, 0.1) is 17.1 Å². The van der Waals surface area contributed by atoms with Gasteiger partial charge < -0.3 is 5.32 Å². The summed E-state index contributed by atoms with van der Waals surface area (Å²) in [6.07, 6.45) is 3.11. The molecule has 0 saturated carbocycles. The van der Waals surface area contributed by atoms with Crippen molar-refractivity contribution >= 4 is 34.7 Å². The molecule has 0 unspecified atom stereocenters. The lowest BCUT2D eigenvalue weighted by Crippen LogP contribution is -2.20. The van der Waals surface area contributed by atoms with Crippen LogP contribution in [-0.2, 0) is 11.3 Å². The second kappa shape index (κ2) is 7.51. The number of thiophene rings is 1. The van der Waals surface area contributed by atoms with Crippen molar-refractivity contribution in [2.75, 3.05) is 0 Å². The smallest absolute Gasteiger partial charge is 0.244 e. The molecule has 0 bridgehead atoms. The third-order valence-electron chi connectivity index (χ3n) is 3.34. The predicted molar refractivity (Wildman–Crippen MR) is 97.4 cm³/mol. The Bertz CT molecular complexity index is 852. The normalized spacial score (nSPS) is 11.1. The van der Waals surface area contributed by atoms with E-state index in [1.54, 1.807) is 40.9 Å². The molecule has 24 heavy (non-hydrogen) atoms. The monoisotopic (exact) mass is 358 g/mol. The van der Waals surface area contributed by atoms with Crippen molar-refractivity contribution in [3.63, 3.8) is 0 Å². The van der Waals surface area contributed by atoms with Gasteiger partial charge in [-0.05, 0) is 42.1 Å². The fraction of sp³-hybridized carbons (Fsp3) is 0.111. The van der Waals surface area contributed by atoms with Gasteiger partial charge in [0, 0.05) is 11.0 Å². The highest BCUT2D eigenvalue weighted by Crippen LogP contribution is 2.30. The third-order valence-corrected chi connectivity index (χ3v) is 5.54. The Kier molecular flexibility index (Phi) is 5.17. The first-order chi connectivity index (χ1) is 11.6. The minimum atomic E-state index is -0.293. The molecule has 0 aliphatic carbocycles. The Hall–Kier alpha value is -2.31. The Labute approximate surface area is 147 Å². The first kappa shape index (κ1) is 16.5.